The van der Waals surface area contributed by atoms with Crippen LogP contribution in [0, 0.1) is 0 Å². The zero-order valence-electron chi connectivity index (χ0n) is 9.70. The van der Waals surface area contributed by atoms with Crippen LogP contribution in [0.1, 0.15) is 13.3 Å². The van der Waals surface area contributed by atoms with Crippen molar-refractivity contribution in [3.8, 4) is 0 Å². The number of rotatable bonds is 5. The van der Waals surface area contributed by atoms with E-state index >= 15 is 0 Å². The maximum absolute atomic E-state index is 12.2. The maximum Gasteiger partial charge on any atom is 0.243 e. The van der Waals surface area contributed by atoms with E-state index in [-0.39, 0.29) is 11.5 Å². The van der Waals surface area contributed by atoms with Crippen LogP contribution in [-0.2, 0) is 21.4 Å². The van der Waals surface area contributed by atoms with Crippen molar-refractivity contribution in [2.45, 2.75) is 24.3 Å². The Balaban J connectivity index is 2.38. The molecule has 0 fully saturated rings. The van der Waals surface area contributed by atoms with Gasteiger partial charge in [0.05, 0.1) is 18.0 Å². The van der Waals surface area contributed by atoms with Gasteiger partial charge in [-0.05, 0) is 18.6 Å². The van der Waals surface area contributed by atoms with E-state index in [2.05, 4.69) is 13.4 Å². The molecule has 1 aliphatic rings. The molecule has 1 aliphatic heterocycles. The largest absolute Gasteiger partial charge is 0.395 e. The molecule has 0 saturated heterocycles. The Morgan fingerprint density at radius 3 is 2.89 bits per heavy atom. The van der Waals surface area contributed by atoms with Gasteiger partial charge in [0.1, 0.15) is 16.3 Å². The van der Waals surface area contributed by atoms with Gasteiger partial charge in [-0.2, -0.15) is 8.73 Å². The van der Waals surface area contributed by atoms with Gasteiger partial charge in [0.25, 0.3) is 0 Å². The first kappa shape index (κ1) is 13.3. The molecule has 2 rings (SSSR count). The Hall–Kier alpha value is -1.09. The van der Waals surface area contributed by atoms with Crippen molar-refractivity contribution in [1.29, 1.82) is 0 Å². The van der Waals surface area contributed by atoms with Crippen molar-refractivity contribution < 1.29 is 13.5 Å². The van der Waals surface area contributed by atoms with Crippen molar-refractivity contribution in [1.82, 2.24) is 4.72 Å². The first-order valence-electron chi connectivity index (χ1n) is 5.43. The smallest absolute Gasteiger partial charge is 0.243 e. The fourth-order valence-corrected chi connectivity index (χ4v) is 3.61. The molecule has 0 radical (unpaired) electrons. The summed E-state index contributed by atoms with van der Waals surface area (Å²) in [7, 11) is -3.69. The number of fused-ring (bicyclic) bond motifs is 1. The molecular formula is C10H13N3O3S2. The fourth-order valence-electron chi connectivity index (χ4n) is 1.53. The summed E-state index contributed by atoms with van der Waals surface area (Å²) in [6.07, 6.45) is 0.515. The fraction of sp³-hybridized carbons (Fsp3) is 0.400. The molecule has 0 saturated carbocycles. The molecule has 1 aromatic carbocycles. The number of benzene rings is 1. The highest BCUT2D eigenvalue weighted by molar-refractivity contribution is 7.89. The summed E-state index contributed by atoms with van der Waals surface area (Å²) in [5, 5.41) is 9.06. The number of hydrogen-bond acceptors (Lipinski definition) is 5. The Morgan fingerprint density at radius 1 is 1.44 bits per heavy atom. The van der Waals surface area contributed by atoms with E-state index < -0.39 is 16.1 Å². The van der Waals surface area contributed by atoms with Crippen molar-refractivity contribution >= 4 is 32.8 Å². The molecule has 0 aromatic heterocycles. The molecule has 1 aromatic rings. The van der Waals surface area contributed by atoms with Gasteiger partial charge in [-0.3, -0.25) is 0 Å². The molecule has 0 unspecified atom stereocenters. The Kier molecular flexibility index (Phi) is 3.91. The molecule has 6 nitrogen and oxygen atoms in total. The number of hydrogen-bond donors (Lipinski definition) is 2. The molecule has 0 spiro atoms. The van der Waals surface area contributed by atoms with Crippen LogP contribution in [0.3, 0.4) is 0 Å². The monoisotopic (exact) mass is 287 g/mol. The number of nitrogens with zero attached hydrogens (tertiary/aromatic N) is 2. The predicted molar refractivity (Wildman–Crippen MR) is 69.5 cm³/mol. The van der Waals surface area contributed by atoms with Crippen LogP contribution >= 0.6 is 0 Å². The van der Waals surface area contributed by atoms with Crippen molar-refractivity contribution in [2.75, 3.05) is 6.61 Å². The molecular weight excluding hydrogens is 274 g/mol. The van der Waals surface area contributed by atoms with Crippen molar-refractivity contribution in [3.05, 3.63) is 18.2 Å². The van der Waals surface area contributed by atoms with Crippen LogP contribution < -0.4 is 4.72 Å². The minimum Gasteiger partial charge on any atom is -0.395 e. The van der Waals surface area contributed by atoms with E-state index in [1.165, 1.54) is 6.07 Å². The lowest BCUT2D eigenvalue weighted by atomic mass is 10.3. The number of nitrogens with one attached hydrogen (secondary N) is 1. The number of aliphatic hydroxyl groups excluding tert-OH is 1. The number of sulfonamides is 1. The quantitative estimate of drug-likeness (QED) is 0.872. The molecule has 2 N–H and O–H groups in total. The van der Waals surface area contributed by atoms with Gasteiger partial charge in [-0.15, -0.1) is 0 Å². The van der Waals surface area contributed by atoms with Gasteiger partial charge in [-0.1, -0.05) is 13.0 Å². The standard InChI is InChI=1S/C10H13N3O3S2/c1-2-7(6-14)13-18(15,16)9-5-3-4-8-10(9)12-17-11-8/h3-5,7,13-14H,2,6H2,1H3/t7-/m0/s1. The number of aliphatic hydroxyl groups is 1. The van der Waals surface area contributed by atoms with E-state index in [0.29, 0.717) is 17.8 Å². The lowest BCUT2D eigenvalue weighted by molar-refractivity contribution is 0.254. The van der Waals surface area contributed by atoms with Crippen LogP contribution in [0.25, 0.3) is 0 Å². The van der Waals surface area contributed by atoms with Crippen LogP contribution in [0.4, 0.5) is 11.4 Å². The van der Waals surface area contributed by atoms with Gasteiger partial charge in [0, 0.05) is 6.04 Å². The summed E-state index contributed by atoms with van der Waals surface area (Å²) in [6.45, 7) is 1.56. The van der Waals surface area contributed by atoms with Crippen LogP contribution in [-0.4, -0.2) is 26.2 Å². The summed E-state index contributed by atoms with van der Waals surface area (Å²) in [6, 6.07) is 4.33. The topological polar surface area (TPSA) is 91.1 Å². The molecule has 1 atom stereocenters. The predicted octanol–water partition coefficient (Wildman–Crippen LogP) is 1.46. The highest BCUT2D eigenvalue weighted by Crippen LogP contribution is 2.37. The molecule has 1 heterocycles. The van der Waals surface area contributed by atoms with E-state index in [0.717, 1.165) is 11.4 Å². The second-order valence-corrected chi connectivity index (χ2v) is 6.01. The third kappa shape index (κ3) is 2.51. The van der Waals surface area contributed by atoms with E-state index in [9.17, 15) is 8.42 Å². The minimum absolute atomic E-state index is 0.0978. The maximum atomic E-state index is 12.2. The van der Waals surface area contributed by atoms with Gasteiger partial charge < -0.3 is 5.11 Å². The van der Waals surface area contributed by atoms with Gasteiger partial charge in [-0.25, -0.2) is 13.1 Å². The van der Waals surface area contributed by atoms with Crippen LogP contribution in [0.2, 0.25) is 0 Å². The minimum atomic E-state index is -3.69. The molecule has 0 aliphatic carbocycles. The molecule has 0 amide bonds. The van der Waals surface area contributed by atoms with E-state index in [1.807, 2.05) is 0 Å². The van der Waals surface area contributed by atoms with Crippen molar-refractivity contribution in [3.63, 3.8) is 0 Å². The van der Waals surface area contributed by atoms with Gasteiger partial charge >= 0.3 is 0 Å². The summed E-state index contributed by atoms with van der Waals surface area (Å²) in [4.78, 5) is 0.0978. The Morgan fingerprint density at radius 2 is 2.22 bits per heavy atom. The first-order chi connectivity index (χ1) is 8.58. The second-order valence-electron chi connectivity index (χ2n) is 3.80. The van der Waals surface area contributed by atoms with E-state index in [4.69, 9.17) is 5.11 Å². The molecule has 18 heavy (non-hydrogen) atoms. The highest BCUT2D eigenvalue weighted by atomic mass is 32.2. The van der Waals surface area contributed by atoms with Crippen LogP contribution in [0.5, 0.6) is 0 Å². The zero-order chi connectivity index (χ0) is 13.2. The first-order valence-corrected chi connectivity index (χ1v) is 7.64. The summed E-state index contributed by atoms with van der Waals surface area (Å²) >= 11 is 0.972. The lowest BCUT2D eigenvalue weighted by Gasteiger charge is -2.15. The van der Waals surface area contributed by atoms with Crippen LogP contribution in [0.15, 0.2) is 31.8 Å². The molecule has 0 bridgehead atoms. The van der Waals surface area contributed by atoms with Crippen molar-refractivity contribution in [2.24, 2.45) is 8.73 Å². The third-order valence-corrected chi connectivity index (χ3v) is 4.67. The Bertz CT molecular complexity index is 617. The molecule has 8 heteroatoms. The van der Waals surface area contributed by atoms with E-state index in [1.54, 1.807) is 19.1 Å². The zero-order valence-corrected chi connectivity index (χ0v) is 11.3. The average Bonchev–Trinajstić information content (AvgIpc) is 2.83. The summed E-state index contributed by atoms with van der Waals surface area (Å²) in [5.41, 5.74) is 0.919. The van der Waals surface area contributed by atoms with Gasteiger partial charge in [0.2, 0.25) is 10.0 Å². The average molecular weight is 287 g/mol. The lowest BCUT2D eigenvalue weighted by Crippen LogP contribution is -2.36. The SMILES string of the molecule is CC[C@@H](CO)NS(=O)(=O)c1cccc2c1N=S=N2. The third-order valence-electron chi connectivity index (χ3n) is 2.57. The normalized spacial score (nSPS) is 15.2. The Labute approximate surface area is 109 Å². The summed E-state index contributed by atoms with van der Waals surface area (Å²) in [5.74, 6) is 0. The summed E-state index contributed by atoms with van der Waals surface area (Å²) < 4.78 is 34.8. The molecule has 98 valence electrons. The van der Waals surface area contributed by atoms with Gasteiger partial charge in [0.15, 0.2) is 0 Å². The highest BCUT2D eigenvalue weighted by Gasteiger charge is 2.24. The second kappa shape index (κ2) is 5.27.